The summed E-state index contributed by atoms with van der Waals surface area (Å²) in [7, 11) is 0. The number of rotatable bonds is 5. The summed E-state index contributed by atoms with van der Waals surface area (Å²) in [5.74, 6) is -5.73. The van der Waals surface area contributed by atoms with E-state index in [2.05, 4.69) is 5.16 Å². The van der Waals surface area contributed by atoms with Crippen LogP contribution in [0.1, 0.15) is 55.4 Å². The Bertz CT molecular complexity index is 983. The first kappa shape index (κ1) is 22.3. The Balaban J connectivity index is 1.64. The van der Waals surface area contributed by atoms with Gasteiger partial charge in [0.25, 0.3) is 5.91 Å². The number of aliphatic carboxylic acids is 1. The molecule has 1 saturated heterocycles. The van der Waals surface area contributed by atoms with Crippen LogP contribution in [-0.4, -0.2) is 51.3 Å². The van der Waals surface area contributed by atoms with Crippen LogP contribution in [0.3, 0.4) is 0 Å². The average Bonchev–Trinajstić information content (AvgIpc) is 3.24. The molecular weight excluding hydrogens is 427 g/mol. The molecule has 4 rings (SSSR count). The largest absolute Gasteiger partial charge is 0.481 e. The van der Waals surface area contributed by atoms with E-state index < -0.39 is 40.8 Å². The maximum atomic E-state index is 14.1. The number of aromatic nitrogens is 1. The van der Waals surface area contributed by atoms with Crippen molar-refractivity contribution in [1.29, 1.82) is 0 Å². The van der Waals surface area contributed by atoms with Gasteiger partial charge in [-0.2, -0.15) is 0 Å². The lowest BCUT2D eigenvalue weighted by atomic mass is 9.94. The van der Waals surface area contributed by atoms with Gasteiger partial charge < -0.3 is 9.63 Å². The number of hydrogen-bond donors (Lipinski definition) is 1. The summed E-state index contributed by atoms with van der Waals surface area (Å²) in [6.45, 7) is 0.724. The molecule has 1 aliphatic carbocycles. The van der Waals surface area contributed by atoms with Gasteiger partial charge in [0.05, 0.1) is 11.5 Å². The van der Waals surface area contributed by atoms with Gasteiger partial charge in [-0.15, -0.1) is 0 Å². The lowest BCUT2D eigenvalue weighted by molar-refractivity contribution is -0.147. The van der Waals surface area contributed by atoms with Crippen LogP contribution in [-0.2, 0) is 4.79 Å². The zero-order valence-corrected chi connectivity index (χ0v) is 17.4. The van der Waals surface area contributed by atoms with E-state index in [-0.39, 0.29) is 24.0 Å². The lowest BCUT2D eigenvalue weighted by Crippen LogP contribution is -2.56. The fourth-order valence-corrected chi connectivity index (χ4v) is 4.59. The normalized spacial score (nSPS) is 20.3. The van der Waals surface area contributed by atoms with E-state index in [0.29, 0.717) is 31.5 Å². The van der Waals surface area contributed by atoms with Crippen LogP contribution in [0.25, 0.3) is 11.3 Å². The van der Waals surface area contributed by atoms with Crippen LogP contribution in [0.5, 0.6) is 0 Å². The van der Waals surface area contributed by atoms with Crippen LogP contribution in [0.2, 0.25) is 0 Å². The number of carboxylic acid groups (broad SMARTS) is 1. The second-order valence-corrected chi connectivity index (χ2v) is 8.35. The molecule has 1 N–H and O–H groups in total. The molecule has 2 fully saturated rings. The van der Waals surface area contributed by atoms with Gasteiger partial charge in [0.2, 0.25) is 0 Å². The van der Waals surface area contributed by atoms with Crippen LogP contribution in [0.15, 0.2) is 22.7 Å². The Morgan fingerprint density at radius 3 is 2.38 bits per heavy atom. The first-order valence-corrected chi connectivity index (χ1v) is 10.8. The highest BCUT2D eigenvalue weighted by Gasteiger charge is 2.37. The molecule has 0 spiro atoms. The van der Waals surface area contributed by atoms with Gasteiger partial charge >= 0.3 is 5.97 Å². The van der Waals surface area contributed by atoms with Gasteiger partial charge in [-0.25, -0.2) is 18.2 Å². The molecule has 32 heavy (non-hydrogen) atoms. The van der Waals surface area contributed by atoms with Gasteiger partial charge in [0.1, 0.15) is 17.5 Å². The number of hydrazine groups is 1. The van der Waals surface area contributed by atoms with Crippen molar-refractivity contribution in [1.82, 2.24) is 15.2 Å². The summed E-state index contributed by atoms with van der Waals surface area (Å²) in [6, 6.07) is 2.06. The quantitative estimate of drug-likeness (QED) is 0.732. The maximum Gasteiger partial charge on any atom is 0.307 e. The number of hydrogen-bond acceptors (Lipinski definition) is 5. The molecular formula is C22H24F3N3O4. The van der Waals surface area contributed by atoms with Gasteiger partial charge in [0.15, 0.2) is 11.5 Å². The van der Waals surface area contributed by atoms with Crippen LogP contribution >= 0.6 is 0 Å². The third kappa shape index (κ3) is 4.50. The molecule has 1 aromatic carbocycles. The molecule has 7 nitrogen and oxygen atoms in total. The smallest absolute Gasteiger partial charge is 0.307 e. The van der Waals surface area contributed by atoms with E-state index in [9.17, 15) is 27.9 Å². The number of carboxylic acids is 1. The lowest BCUT2D eigenvalue weighted by Gasteiger charge is -2.44. The standard InChI is InChI=1S/C22H24F3N3O4/c23-14-9-16(24)20(17(25)10-14)19-11-18(26-32-19)21(29)28(15-6-2-1-3-7-15)27-8-4-5-13(12-27)22(30)31/h9-11,13,15H,1-8,12H2,(H,30,31)/t13-/m0/s1. The SMILES string of the molecule is O=C(O)[C@H]1CCCN(N(C(=O)c2cc(-c3c(F)cc(F)cc3F)on2)C2CCCCC2)C1. The fourth-order valence-electron chi connectivity index (χ4n) is 4.59. The van der Waals surface area contributed by atoms with Gasteiger partial charge in [-0.3, -0.25) is 14.6 Å². The predicted octanol–water partition coefficient (Wildman–Crippen LogP) is 4.25. The number of nitrogens with zero attached hydrogens (tertiary/aromatic N) is 3. The molecule has 1 aromatic heterocycles. The van der Waals surface area contributed by atoms with Crippen molar-refractivity contribution in [3.63, 3.8) is 0 Å². The second-order valence-electron chi connectivity index (χ2n) is 8.35. The maximum absolute atomic E-state index is 14.1. The number of halogens is 3. The summed E-state index contributed by atoms with van der Waals surface area (Å²) in [6.07, 6.45) is 5.66. The monoisotopic (exact) mass is 451 g/mol. The van der Waals surface area contributed by atoms with Crippen molar-refractivity contribution in [3.05, 3.63) is 41.3 Å². The average molecular weight is 451 g/mol. The van der Waals surface area contributed by atoms with Crippen LogP contribution in [0, 0.1) is 23.4 Å². The topological polar surface area (TPSA) is 86.9 Å². The van der Waals surface area contributed by atoms with Crippen molar-refractivity contribution in [2.45, 2.75) is 51.0 Å². The first-order valence-electron chi connectivity index (χ1n) is 10.8. The molecule has 2 aromatic rings. The number of carbonyl (C=O) groups excluding carboxylic acids is 1. The minimum absolute atomic E-state index is 0.122. The fraction of sp³-hybridized carbons (Fsp3) is 0.500. The Hall–Kier alpha value is -2.88. The van der Waals surface area contributed by atoms with Crippen LogP contribution in [0.4, 0.5) is 13.2 Å². The molecule has 1 aliphatic heterocycles. The molecule has 1 amide bonds. The van der Waals surface area contributed by atoms with Crippen molar-refractivity contribution >= 4 is 11.9 Å². The summed E-state index contributed by atoms with van der Waals surface area (Å²) >= 11 is 0. The highest BCUT2D eigenvalue weighted by molar-refractivity contribution is 5.93. The van der Waals surface area contributed by atoms with Crippen molar-refractivity contribution in [3.8, 4) is 11.3 Å². The van der Waals surface area contributed by atoms with Gasteiger partial charge in [0, 0.05) is 37.3 Å². The summed E-state index contributed by atoms with van der Waals surface area (Å²) in [4.78, 5) is 25.0. The zero-order valence-electron chi connectivity index (χ0n) is 17.4. The third-order valence-electron chi connectivity index (χ3n) is 6.17. The van der Waals surface area contributed by atoms with E-state index in [1.807, 2.05) is 0 Å². The molecule has 0 bridgehead atoms. The second kappa shape index (κ2) is 9.32. The molecule has 1 saturated carbocycles. The first-order chi connectivity index (χ1) is 15.3. The van der Waals surface area contributed by atoms with Crippen molar-refractivity contribution in [2.75, 3.05) is 13.1 Å². The number of benzene rings is 1. The highest BCUT2D eigenvalue weighted by atomic mass is 19.1. The Morgan fingerprint density at radius 1 is 1.03 bits per heavy atom. The summed E-state index contributed by atoms with van der Waals surface area (Å²) in [5, 5.41) is 16.5. The van der Waals surface area contributed by atoms with E-state index in [1.54, 1.807) is 10.0 Å². The van der Waals surface area contributed by atoms with E-state index >= 15 is 0 Å². The molecule has 172 valence electrons. The molecule has 2 aliphatic rings. The molecule has 0 radical (unpaired) electrons. The van der Waals surface area contributed by atoms with Crippen molar-refractivity contribution < 1.29 is 32.4 Å². The minimum Gasteiger partial charge on any atom is -0.481 e. The van der Waals surface area contributed by atoms with E-state index in [4.69, 9.17) is 4.52 Å². The zero-order chi connectivity index (χ0) is 22.8. The minimum atomic E-state index is -1.16. The van der Waals surface area contributed by atoms with E-state index in [0.717, 1.165) is 38.2 Å². The predicted molar refractivity (Wildman–Crippen MR) is 107 cm³/mol. The van der Waals surface area contributed by atoms with Gasteiger partial charge in [-0.05, 0) is 25.7 Å². The Morgan fingerprint density at radius 2 is 1.72 bits per heavy atom. The number of carbonyl (C=O) groups is 2. The van der Waals surface area contributed by atoms with Crippen molar-refractivity contribution in [2.24, 2.45) is 5.92 Å². The number of amides is 1. The molecule has 2 heterocycles. The molecule has 0 unspecified atom stereocenters. The summed E-state index contributed by atoms with van der Waals surface area (Å²) in [5.41, 5.74) is -0.753. The highest BCUT2D eigenvalue weighted by Crippen LogP contribution is 2.31. The molecule has 10 heteroatoms. The Labute approximate surface area is 182 Å². The van der Waals surface area contributed by atoms with E-state index in [1.165, 1.54) is 0 Å². The molecule has 1 atom stereocenters. The summed E-state index contributed by atoms with van der Waals surface area (Å²) < 4.78 is 46.6. The third-order valence-corrected chi connectivity index (χ3v) is 6.17. The number of piperidine rings is 1. The van der Waals surface area contributed by atoms with Crippen LogP contribution < -0.4 is 0 Å². The Kier molecular flexibility index (Phi) is 6.50. The van der Waals surface area contributed by atoms with Gasteiger partial charge in [-0.1, -0.05) is 24.4 Å².